The second-order valence-corrected chi connectivity index (χ2v) is 10.9. The molecule has 2 aliphatic rings. The first kappa shape index (κ1) is 29.9. The Kier molecular flexibility index (Phi) is 10.5. The highest BCUT2D eigenvalue weighted by Crippen LogP contribution is 2.25. The zero-order chi connectivity index (χ0) is 28.6. The highest BCUT2D eigenvalue weighted by molar-refractivity contribution is 5.97. The molecule has 2 fully saturated rings. The number of nitrogens with zero attached hydrogens (tertiary/aromatic N) is 2. The maximum absolute atomic E-state index is 14.6. The van der Waals surface area contributed by atoms with Gasteiger partial charge in [-0.05, 0) is 57.0 Å². The Morgan fingerprint density at radius 1 is 1.05 bits per heavy atom. The molecular formula is C30H41FN4O5. The molecule has 218 valence electrons. The zero-order valence-electron chi connectivity index (χ0n) is 23.0. The van der Waals surface area contributed by atoms with Crippen LogP contribution in [0.5, 0.6) is 5.75 Å². The van der Waals surface area contributed by atoms with Gasteiger partial charge >= 0.3 is 0 Å². The molecule has 0 saturated carbocycles. The lowest BCUT2D eigenvalue weighted by Crippen LogP contribution is -2.57. The third-order valence-corrected chi connectivity index (χ3v) is 7.97. The number of carbonyl (C=O) groups is 2. The van der Waals surface area contributed by atoms with E-state index in [-0.39, 0.29) is 30.7 Å². The molecule has 40 heavy (non-hydrogen) atoms. The number of aliphatic hydroxyl groups excluding tert-OH is 2. The third kappa shape index (κ3) is 7.57. The summed E-state index contributed by atoms with van der Waals surface area (Å²) in [5.74, 6) is -1.35. The number of nitrogens with one attached hydrogen (secondary N) is 2. The topological polar surface area (TPSA) is 125 Å². The van der Waals surface area contributed by atoms with Crippen molar-refractivity contribution < 1.29 is 29.3 Å². The molecule has 5 atom stereocenters. The number of alkyl halides is 1. The van der Waals surface area contributed by atoms with E-state index in [0.29, 0.717) is 12.1 Å². The normalized spacial score (nSPS) is 22.1. The molecule has 2 aromatic carbocycles. The molecule has 0 radical (unpaired) electrons. The first-order chi connectivity index (χ1) is 19.2. The van der Waals surface area contributed by atoms with Crippen LogP contribution in [0.3, 0.4) is 0 Å². The van der Waals surface area contributed by atoms with Crippen LogP contribution in [0.15, 0.2) is 48.5 Å². The number of carbonyl (C=O) groups excluding carboxylic acids is 2. The van der Waals surface area contributed by atoms with Crippen LogP contribution < -0.4 is 10.6 Å². The number of phenols is 1. The quantitative estimate of drug-likeness (QED) is 0.267. The predicted molar refractivity (Wildman–Crippen MR) is 150 cm³/mol. The first-order valence-corrected chi connectivity index (χ1v) is 14.1. The smallest absolute Gasteiger partial charge is 0.254 e. The van der Waals surface area contributed by atoms with Gasteiger partial charge in [0.05, 0.1) is 18.6 Å². The fourth-order valence-corrected chi connectivity index (χ4v) is 5.62. The molecule has 0 bridgehead atoms. The van der Waals surface area contributed by atoms with Crippen LogP contribution in [0.4, 0.5) is 4.39 Å². The highest BCUT2D eigenvalue weighted by Gasteiger charge is 2.43. The maximum Gasteiger partial charge on any atom is 0.254 e. The van der Waals surface area contributed by atoms with Gasteiger partial charge in [0.1, 0.15) is 18.1 Å². The van der Waals surface area contributed by atoms with Gasteiger partial charge in [0.2, 0.25) is 0 Å². The Bertz CT molecular complexity index is 1130. The fraction of sp³-hybridized carbons (Fsp3) is 0.533. The van der Waals surface area contributed by atoms with E-state index in [4.69, 9.17) is 0 Å². The molecule has 4 rings (SSSR count). The molecule has 0 aliphatic carbocycles. The Labute approximate surface area is 235 Å². The van der Waals surface area contributed by atoms with Gasteiger partial charge in [-0.3, -0.25) is 14.9 Å². The molecular weight excluding hydrogens is 515 g/mol. The molecule has 2 saturated heterocycles. The summed E-state index contributed by atoms with van der Waals surface area (Å²) in [5.41, 5.74) is 1.37. The van der Waals surface area contributed by atoms with Crippen LogP contribution in [0.25, 0.3) is 0 Å². The van der Waals surface area contributed by atoms with Gasteiger partial charge in [0.15, 0.2) is 6.10 Å². The number of hydrogen-bond donors (Lipinski definition) is 5. The minimum Gasteiger partial charge on any atom is -0.508 e. The number of hydrogen-bond acceptors (Lipinski definition) is 7. The largest absolute Gasteiger partial charge is 0.508 e. The number of likely N-dealkylation sites (tertiary alicyclic amines) is 2. The molecule has 0 spiro atoms. The van der Waals surface area contributed by atoms with Crippen molar-refractivity contribution in [1.82, 2.24) is 20.4 Å². The number of rotatable bonds is 11. The minimum atomic E-state index is -1.69. The van der Waals surface area contributed by atoms with Gasteiger partial charge in [-0.15, -0.1) is 0 Å². The maximum atomic E-state index is 14.6. The highest BCUT2D eigenvalue weighted by atomic mass is 19.1. The molecule has 10 heteroatoms. The van der Waals surface area contributed by atoms with Gasteiger partial charge in [-0.1, -0.05) is 42.8 Å². The van der Waals surface area contributed by atoms with Crippen molar-refractivity contribution in [2.75, 3.05) is 32.7 Å². The van der Waals surface area contributed by atoms with Crippen LogP contribution in [-0.2, 0) is 11.2 Å². The number of halogens is 1. The first-order valence-electron chi connectivity index (χ1n) is 14.1. The van der Waals surface area contributed by atoms with Crippen molar-refractivity contribution in [2.24, 2.45) is 0 Å². The van der Waals surface area contributed by atoms with E-state index >= 15 is 0 Å². The van der Waals surface area contributed by atoms with Gasteiger partial charge in [-0.2, -0.15) is 0 Å². The summed E-state index contributed by atoms with van der Waals surface area (Å²) in [6.45, 7) is 4.63. The van der Waals surface area contributed by atoms with Crippen LogP contribution in [0.1, 0.15) is 47.2 Å². The second kappa shape index (κ2) is 14.0. The van der Waals surface area contributed by atoms with Crippen molar-refractivity contribution in [1.29, 1.82) is 0 Å². The van der Waals surface area contributed by atoms with Gasteiger partial charge < -0.3 is 30.4 Å². The second-order valence-electron chi connectivity index (χ2n) is 10.9. The van der Waals surface area contributed by atoms with E-state index in [0.717, 1.165) is 38.0 Å². The van der Waals surface area contributed by atoms with E-state index in [1.54, 1.807) is 19.1 Å². The lowest BCUT2D eigenvalue weighted by molar-refractivity contribution is -0.145. The SMILES string of the molecule is Cc1c(O)cccc1C(=O)N[C@@H](Cc1ccccc1)C(O)C(=O)N1C[C@@H](F)C[C@H]1C(O)NCCN1CCCCC1. The Morgan fingerprint density at radius 3 is 2.50 bits per heavy atom. The van der Waals surface area contributed by atoms with Crippen molar-refractivity contribution in [3.05, 3.63) is 65.2 Å². The number of aliphatic hydroxyl groups is 2. The Balaban J connectivity index is 1.46. The van der Waals surface area contributed by atoms with Crippen molar-refractivity contribution in [2.45, 2.75) is 69.6 Å². The summed E-state index contributed by atoms with van der Waals surface area (Å²) in [6.07, 6.45) is -0.544. The summed E-state index contributed by atoms with van der Waals surface area (Å²) in [4.78, 5) is 30.2. The Hall–Kier alpha value is -3.05. The summed E-state index contributed by atoms with van der Waals surface area (Å²) >= 11 is 0. The molecule has 2 amide bonds. The standard InChI is InChI=1S/C30H41FN4O5/c1-20-23(11-8-12-26(20)36)28(38)33-24(17-21-9-4-2-5-10-21)27(37)30(40)35-19-22(31)18-25(35)29(39)32-13-16-34-14-6-3-7-15-34/h2,4-5,8-12,22,24-25,27,29,32,36-37,39H,3,6-7,13-19H2,1H3,(H,33,38)/t22-,24-,25-,27?,29?/m0/s1. The number of benzene rings is 2. The summed E-state index contributed by atoms with van der Waals surface area (Å²) in [6, 6.07) is 11.8. The van der Waals surface area contributed by atoms with Crippen LogP contribution >= 0.6 is 0 Å². The van der Waals surface area contributed by atoms with Gasteiger partial charge in [0, 0.05) is 30.6 Å². The molecule has 2 unspecified atom stereocenters. The third-order valence-electron chi connectivity index (χ3n) is 7.97. The van der Waals surface area contributed by atoms with Crippen LogP contribution in [0.2, 0.25) is 0 Å². The molecule has 9 nitrogen and oxygen atoms in total. The van der Waals surface area contributed by atoms with E-state index in [2.05, 4.69) is 15.5 Å². The van der Waals surface area contributed by atoms with Crippen LogP contribution in [-0.4, -0.2) is 100 Å². The minimum absolute atomic E-state index is 0.0421. The van der Waals surface area contributed by atoms with E-state index in [1.165, 1.54) is 17.4 Å². The van der Waals surface area contributed by atoms with Crippen molar-refractivity contribution in [3.8, 4) is 5.75 Å². The Morgan fingerprint density at radius 2 is 1.77 bits per heavy atom. The average Bonchev–Trinajstić information content (AvgIpc) is 3.36. The summed E-state index contributed by atoms with van der Waals surface area (Å²) in [5, 5.41) is 37.9. The molecule has 0 aromatic heterocycles. The fourth-order valence-electron chi connectivity index (χ4n) is 5.62. The molecule has 2 heterocycles. The number of phenolic OH excluding ortho intramolecular Hbond substituents is 1. The number of aromatic hydroxyl groups is 1. The van der Waals surface area contributed by atoms with Crippen molar-refractivity contribution in [3.63, 3.8) is 0 Å². The van der Waals surface area contributed by atoms with E-state index < -0.39 is 42.4 Å². The number of piperidine rings is 1. The summed E-state index contributed by atoms with van der Waals surface area (Å²) < 4.78 is 14.6. The number of amides is 2. The molecule has 5 N–H and O–H groups in total. The van der Waals surface area contributed by atoms with Crippen molar-refractivity contribution >= 4 is 11.8 Å². The monoisotopic (exact) mass is 556 g/mol. The van der Waals surface area contributed by atoms with Crippen LogP contribution in [0, 0.1) is 6.92 Å². The lowest BCUT2D eigenvalue weighted by atomic mass is 9.98. The zero-order valence-corrected chi connectivity index (χ0v) is 23.0. The lowest BCUT2D eigenvalue weighted by Gasteiger charge is -2.33. The van der Waals surface area contributed by atoms with Gasteiger partial charge in [-0.25, -0.2) is 4.39 Å². The predicted octanol–water partition coefficient (Wildman–Crippen LogP) is 1.74. The van der Waals surface area contributed by atoms with Gasteiger partial charge in [0.25, 0.3) is 11.8 Å². The van der Waals surface area contributed by atoms with E-state index in [1.807, 2.05) is 30.3 Å². The van der Waals surface area contributed by atoms with E-state index in [9.17, 15) is 29.3 Å². The molecule has 2 aromatic rings. The average molecular weight is 557 g/mol. The summed E-state index contributed by atoms with van der Waals surface area (Å²) in [7, 11) is 0. The molecule has 2 aliphatic heterocycles.